The summed E-state index contributed by atoms with van der Waals surface area (Å²) in [6, 6.07) is 0. The van der Waals surface area contributed by atoms with Crippen molar-refractivity contribution in [3.8, 4) is 0 Å². The Morgan fingerprint density at radius 1 is 0.875 bits per heavy atom. The lowest BCUT2D eigenvalue weighted by Gasteiger charge is -2.48. The molecule has 0 nitrogen and oxygen atoms in total. The van der Waals surface area contributed by atoms with Gasteiger partial charge in [-0.1, -0.05) is 51.9 Å². The minimum Gasteiger partial charge on any atom is -0.0591 e. The molecular weight excluding hydrogens is 192 g/mol. The normalized spacial score (nSPS) is 39.6. The molecule has 0 aromatic carbocycles. The van der Waals surface area contributed by atoms with Crippen LogP contribution in [0.3, 0.4) is 0 Å². The molecule has 1 radical (unpaired) electrons. The Balaban J connectivity index is 1.77. The first-order valence-corrected chi connectivity index (χ1v) is 7.66. The third kappa shape index (κ3) is 1.83. The van der Waals surface area contributed by atoms with E-state index in [4.69, 9.17) is 0 Å². The first kappa shape index (κ1) is 11.1. The quantitative estimate of drug-likeness (QED) is 0.573. The van der Waals surface area contributed by atoms with E-state index in [0.29, 0.717) is 5.41 Å². The SMILES string of the molecule is CC1([C]2CCCC3CCCCC23)CCCC1. The van der Waals surface area contributed by atoms with Crippen LogP contribution in [0.25, 0.3) is 0 Å². The van der Waals surface area contributed by atoms with E-state index in [2.05, 4.69) is 6.92 Å². The molecule has 0 aliphatic heterocycles. The van der Waals surface area contributed by atoms with Gasteiger partial charge in [-0.3, -0.25) is 0 Å². The van der Waals surface area contributed by atoms with Gasteiger partial charge in [0.15, 0.2) is 0 Å². The lowest BCUT2D eigenvalue weighted by atomic mass is 9.57. The standard InChI is InChI=1S/C16H27/c1-16(11-4-5-12-16)15-10-6-8-13-7-2-3-9-14(13)15/h13-14H,2-12H2,1H3. The van der Waals surface area contributed by atoms with Gasteiger partial charge in [-0.05, 0) is 48.9 Å². The second-order valence-corrected chi connectivity index (χ2v) is 6.84. The van der Waals surface area contributed by atoms with Crippen LogP contribution in [-0.2, 0) is 0 Å². The second-order valence-electron chi connectivity index (χ2n) is 6.84. The molecule has 0 heteroatoms. The fourth-order valence-corrected chi connectivity index (χ4v) is 4.98. The summed E-state index contributed by atoms with van der Waals surface area (Å²) in [5.41, 5.74) is 0.667. The number of fused-ring (bicyclic) bond motifs is 1. The van der Waals surface area contributed by atoms with E-state index in [0.717, 1.165) is 11.8 Å². The first-order valence-electron chi connectivity index (χ1n) is 7.66. The molecule has 3 rings (SSSR count). The van der Waals surface area contributed by atoms with Gasteiger partial charge in [-0.25, -0.2) is 0 Å². The summed E-state index contributed by atoms with van der Waals surface area (Å²) < 4.78 is 0. The van der Waals surface area contributed by atoms with E-state index in [1.54, 1.807) is 12.8 Å². The highest BCUT2D eigenvalue weighted by molar-refractivity contribution is 5.14. The number of rotatable bonds is 1. The van der Waals surface area contributed by atoms with Gasteiger partial charge >= 0.3 is 0 Å². The van der Waals surface area contributed by atoms with Crippen molar-refractivity contribution in [2.24, 2.45) is 17.3 Å². The lowest BCUT2D eigenvalue weighted by molar-refractivity contribution is 0.133. The lowest BCUT2D eigenvalue weighted by Crippen LogP contribution is -2.37. The average molecular weight is 219 g/mol. The first-order chi connectivity index (χ1) is 7.80. The van der Waals surface area contributed by atoms with Crippen molar-refractivity contribution >= 4 is 0 Å². The average Bonchev–Trinajstić information content (AvgIpc) is 2.77. The predicted molar refractivity (Wildman–Crippen MR) is 69.1 cm³/mol. The zero-order valence-corrected chi connectivity index (χ0v) is 10.9. The fourth-order valence-electron chi connectivity index (χ4n) is 4.98. The van der Waals surface area contributed by atoms with Crippen LogP contribution >= 0.6 is 0 Å². The van der Waals surface area contributed by atoms with Crippen molar-refractivity contribution < 1.29 is 0 Å². The van der Waals surface area contributed by atoms with E-state index in [-0.39, 0.29) is 0 Å². The minimum absolute atomic E-state index is 0.667. The van der Waals surface area contributed by atoms with Gasteiger partial charge in [0.1, 0.15) is 0 Å². The van der Waals surface area contributed by atoms with Crippen molar-refractivity contribution in [2.45, 2.75) is 77.6 Å². The molecular formula is C16H27. The Labute approximate surface area is 101 Å². The van der Waals surface area contributed by atoms with E-state index in [1.807, 2.05) is 5.92 Å². The van der Waals surface area contributed by atoms with Crippen LogP contribution in [0, 0.1) is 23.2 Å². The van der Waals surface area contributed by atoms with Crippen LogP contribution in [0.1, 0.15) is 77.6 Å². The molecule has 0 aromatic heterocycles. The van der Waals surface area contributed by atoms with Gasteiger partial charge < -0.3 is 0 Å². The maximum atomic E-state index is 2.59. The van der Waals surface area contributed by atoms with Crippen molar-refractivity contribution in [3.63, 3.8) is 0 Å². The van der Waals surface area contributed by atoms with Crippen molar-refractivity contribution in [3.05, 3.63) is 5.92 Å². The van der Waals surface area contributed by atoms with Crippen LogP contribution in [0.2, 0.25) is 0 Å². The van der Waals surface area contributed by atoms with E-state index >= 15 is 0 Å². The Hall–Kier alpha value is 0. The maximum Gasteiger partial charge on any atom is -0.0148 e. The maximum absolute atomic E-state index is 2.59. The van der Waals surface area contributed by atoms with Crippen molar-refractivity contribution in [2.75, 3.05) is 0 Å². The Bertz CT molecular complexity index is 234. The number of hydrogen-bond acceptors (Lipinski definition) is 0. The third-order valence-electron chi connectivity index (χ3n) is 5.86. The van der Waals surface area contributed by atoms with Gasteiger partial charge in [-0.15, -0.1) is 0 Å². The minimum atomic E-state index is 0.667. The summed E-state index contributed by atoms with van der Waals surface area (Å²) in [5.74, 6) is 4.17. The Morgan fingerprint density at radius 3 is 2.38 bits per heavy atom. The molecule has 2 unspecified atom stereocenters. The summed E-state index contributed by atoms with van der Waals surface area (Å²) in [4.78, 5) is 0. The molecule has 3 aliphatic carbocycles. The topological polar surface area (TPSA) is 0 Å². The smallest absolute Gasteiger partial charge is 0.0148 e. The monoisotopic (exact) mass is 219 g/mol. The molecule has 0 amide bonds. The van der Waals surface area contributed by atoms with Crippen LogP contribution in [0.5, 0.6) is 0 Å². The summed E-state index contributed by atoms with van der Waals surface area (Å²) in [7, 11) is 0. The van der Waals surface area contributed by atoms with E-state index in [9.17, 15) is 0 Å². The van der Waals surface area contributed by atoms with Gasteiger partial charge in [0.2, 0.25) is 0 Å². The highest BCUT2D eigenvalue weighted by atomic mass is 14.5. The summed E-state index contributed by atoms with van der Waals surface area (Å²) >= 11 is 0. The summed E-state index contributed by atoms with van der Waals surface area (Å²) in [6.45, 7) is 2.59. The molecule has 3 saturated carbocycles. The molecule has 0 heterocycles. The van der Waals surface area contributed by atoms with Gasteiger partial charge in [0.25, 0.3) is 0 Å². The summed E-state index contributed by atoms with van der Waals surface area (Å²) in [6.07, 6.45) is 16.7. The zero-order valence-electron chi connectivity index (χ0n) is 10.9. The molecule has 0 saturated heterocycles. The Kier molecular flexibility index (Phi) is 3.02. The van der Waals surface area contributed by atoms with Crippen LogP contribution < -0.4 is 0 Å². The molecule has 91 valence electrons. The molecule has 2 atom stereocenters. The fraction of sp³-hybridized carbons (Fsp3) is 0.938. The van der Waals surface area contributed by atoms with Crippen LogP contribution in [0.4, 0.5) is 0 Å². The Morgan fingerprint density at radius 2 is 1.56 bits per heavy atom. The molecule has 0 N–H and O–H groups in total. The summed E-state index contributed by atoms with van der Waals surface area (Å²) in [5, 5.41) is 0. The van der Waals surface area contributed by atoms with Crippen molar-refractivity contribution in [1.29, 1.82) is 0 Å². The van der Waals surface area contributed by atoms with Gasteiger partial charge in [0, 0.05) is 0 Å². The van der Waals surface area contributed by atoms with Gasteiger partial charge in [-0.2, -0.15) is 0 Å². The highest BCUT2D eigenvalue weighted by Crippen LogP contribution is 2.57. The molecule has 0 bridgehead atoms. The zero-order chi connectivity index (χ0) is 11.0. The van der Waals surface area contributed by atoms with E-state index in [1.165, 1.54) is 57.8 Å². The number of hydrogen-bond donors (Lipinski definition) is 0. The molecule has 3 aliphatic rings. The van der Waals surface area contributed by atoms with Crippen molar-refractivity contribution in [1.82, 2.24) is 0 Å². The predicted octanol–water partition coefficient (Wildman–Crippen LogP) is 5.13. The molecule has 3 fully saturated rings. The third-order valence-corrected chi connectivity index (χ3v) is 5.86. The van der Waals surface area contributed by atoms with Crippen LogP contribution in [0.15, 0.2) is 0 Å². The highest BCUT2D eigenvalue weighted by Gasteiger charge is 2.45. The van der Waals surface area contributed by atoms with E-state index < -0.39 is 0 Å². The second kappa shape index (κ2) is 4.35. The molecule has 0 aromatic rings. The largest absolute Gasteiger partial charge is 0.0591 e. The van der Waals surface area contributed by atoms with Crippen LogP contribution in [-0.4, -0.2) is 0 Å². The van der Waals surface area contributed by atoms with Gasteiger partial charge in [0.05, 0.1) is 0 Å². The molecule has 16 heavy (non-hydrogen) atoms. The molecule has 0 spiro atoms.